The third-order valence-electron chi connectivity index (χ3n) is 2.41. The summed E-state index contributed by atoms with van der Waals surface area (Å²) in [6, 6.07) is 4.66. The molecule has 5 N–H and O–H groups in total. The van der Waals surface area contributed by atoms with E-state index in [1.54, 1.807) is 18.2 Å². The van der Waals surface area contributed by atoms with Crippen LogP contribution >= 0.6 is 0 Å². The van der Waals surface area contributed by atoms with Crippen LogP contribution in [0.4, 0.5) is 5.82 Å². The second kappa shape index (κ2) is 4.34. The second-order valence-corrected chi connectivity index (χ2v) is 3.75. The zero-order valence-corrected chi connectivity index (χ0v) is 9.00. The van der Waals surface area contributed by atoms with E-state index in [0.717, 1.165) is 5.56 Å². The van der Waals surface area contributed by atoms with Crippen molar-refractivity contribution in [3.8, 4) is 0 Å². The van der Waals surface area contributed by atoms with Crippen LogP contribution in [0.2, 0.25) is 0 Å². The SMILES string of the molecule is Nc1cnc2cc(C(N)CC(=O)O)ccc2n1. The molecule has 1 unspecified atom stereocenters. The number of anilines is 1. The van der Waals surface area contributed by atoms with E-state index in [1.165, 1.54) is 6.20 Å². The highest BCUT2D eigenvalue weighted by molar-refractivity contribution is 5.76. The summed E-state index contributed by atoms with van der Waals surface area (Å²) in [4.78, 5) is 18.8. The summed E-state index contributed by atoms with van der Waals surface area (Å²) in [6.07, 6.45) is 1.34. The Kier molecular flexibility index (Phi) is 2.88. The minimum atomic E-state index is -0.930. The minimum Gasteiger partial charge on any atom is -0.481 e. The fourth-order valence-corrected chi connectivity index (χ4v) is 1.58. The van der Waals surface area contributed by atoms with Gasteiger partial charge in [-0.05, 0) is 17.7 Å². The number of hydrogen-bond donors (Lipinski definition) is 3. The Balaban J connectivity index is 2.37. The first kappa shape index (κ1) is 11.3. The molecule has 2 rings (SSSR count). The smallest absolute Gasteiger partial charge is 0.305 e. The number of carboxylic acids is 1. The van der Waals surface area contributed by atoms with Gasteiger partial charge in [0.25, 0.3) is 0 Å². The number of carboxylic acid groups (broad SMARTS) is 1. The number of hydrogen-bond acceptors (Lipinski definition) is 5. The summed E-state index contributed by atoms with van der Waals surface area (Å²) < 4.78 is 0. The van der Waals surface area contributed by atoms with Crippen LogP contribution in [0.5, 0.6) is 0 Å². The fourth-order valence-electron chi connectivity index (χ4n) is 1.58. The van der Waals surface area contributed by atoms with Crippen LogP contribution in [0.3, 0.4) is 0 Å². The number of nitrogens with two attached hydrogens (primary N) is 2. The molecule has 0 aliphatic rings. The Bertz CT molecular complexity index is 570. The van der Waals surface area contributed by atoms with E-state index in [1.807, 2.05) is 0 Å². The lowest BCUT2D eigenvalue weighted by Gasteiger charge is -2.09. The van der Waals surface area contributed by atoms with Gasteiger partial charge in [0.2, 0.25) is 0 Å². The Labute approximate surface area is 97.3 Å². The Morgan fingerprint density at radius 3 is 2.88 bits per heavy atom. The average molecular weight is 232 g/mol. The molecule has 6 heteroatoms. The number of benzene rings is 1. The molecule has 2 aromatic rings. The molecule has 17 heavy (non-hydrogen) atoms. The first-order valence-corrected chi connectivity index (χ1v) is 5.06. The Hall–Kier alpha value is -2.21. The number of carbonyl (C=O) groups is 1. The van der Waals surface area contributed by atoms with E-state index >= 15 is 0 Å². The minimum absolute atomic E-state index is 0.117. The number of nitrogen functional groups attached to an aromatic ring is 1. The highest BCUT2D eigenvalue weighted by atomic mass is 16.4. The first-order chi connectivity index (χ1) is 8.06. The molecule has 1 atom stereocenters. The number of aliphatic carboxylic acids is 1. The quantitative estimate of drug-likeness (QED) is 0.717. The van der Waals surface area contributed by atoms with Crippen molar-refractivity contribution in [3.05, 3.63) is 30.0 Å². The summed E-state index contributed by atoms with van der Waals surface area (Å²) in [6.45, 7) is 0. The van der Waals surface area contributed by atoms with Crippen molar-refractivity contribution in [1.29, 1.82) is 0 Å². The third kappa shape index (κ3) is 2.48. The lowest BCUT2D eigenvalue weighted by atomic mass is 10.0. The van der Waals surface area contributed by atoms with E-state index < -0.39 is 12.0 Å². The molecule has 0 saturated heterocycles. The van der Waals surface area contributed by atoms with Gasteiger partial charge in [-0.3, -0.25) is 9.78 Å². The molecule has 0 aliphatic heterocycles. The molecule has 0 fully saturated rings. The maximum absolute atomic E-state index is 10.6. The van der Waals surface area contributed by atoms with Crippen molar-refractivity contribution in [1.82, 2.24) is 9.97 Å². The molecule has 0 bridgehead atoms. The fraction of sp³-hybridized carbons (Fsp3) is 0.182. The largest absolute Gasteiger partial charge is 0.481 e. The predicted molar refractivity (Wildman–Crippen MR) is 63.1 cm³/mol. The van der Waals surface area contributed by atoms with Gasteiger partial charge in [-0.1, -0.05) is 6.07 Å². The number of nitrogens with zero attached hydrogens (tertiary/aromatic N) is 2. The van der Waals surface area contributed by atoms with Crippen molar-refractivity contribution in [3.63, 3.8) is 0 Å². The molecular formula is C11H12N4O2. The normalized spacial score (nSPS) is 12.5. The van der Waals surface area contributed by atoms with Gasteiger partial charge in [-0.15, -0.1) is 0 Å². The molecule has 1 aromatic heterocycles. The van der Waals surface area contributed by atoms with E-state index in [9.17, 15) is 4.79 Å². The molecule has 0 saturated carbocycles. The van der Waals surface area contributed by atoms with Crippen LogP contribution in [0.1, 0.15) is 18.0 Å². The Morgan fingerprint density at radius 1 is 1.41 bits per heavy atom. The van der Waals surface area contributed by atoms with Crippen LogP contribution in [-0.2, 0) is 4.79 Å². The van der Waals surface area contributed by atoms with E-state index in [-0.39, 0.29) is 6.42 Å². The van der Waals surface area contributed by atoms with Crippen molar-refractivity contribution in [2.75, 3.05) is 5.73 Å². The number of rotatable bonds is 3. The van der Waals surface area contributed by atoms with Crippen molar-refractivity contribution in [2.24, 2.45) is 5.73 Å². The number of aromatic nitrogens is 2. The van der Waals surface area contributed by atoms with Crippen molar-refractivity contribution >= 4 is 22.8 Å². The monoisotopic (exact) mass is 232 g/mol. The van der Waals surface area contributed by atoms with Gasteiger partial charge in [0, 0.05) is 6.04 Å². The summed E-state index contributed by atoms with van der Waals surface area (Å²) in [5, 5.41) is 8.67. The predicted octanol–water partition coefficient (Wildman–Crippen LogP) is 0.686. The molecule has 1 heterocycles. The summed E-state index contributed by atoms with van der Waals surface area (Å²) in [7, 11) is 0. The van der Waals surface area contributed by atoms with Crippen LogP contribution in [0.15, 0.2) is 24.4 Å². The van der Waals surface area contributed by atoms with Crippen molar-refractivity contribution in [2.45, 2.75) is 12.5 Å². The molecule has 0 radical (unpaired) electrons. The van der Waals surface area contributed by atoms with Gasteiger partial charge in [0.1, 0.15) is 5.82 Å². The topological polar surface area (TPSA) is 115 Å². The van der Waals surface area contributed by atoms with Gasteiger partial charge in [0.15, 0.2) is 0 Å². The standard InChI is InChI=1S/C11H12N4O2/c12-7(4-11(16)17)6-1-2-8-9(3-6)14-5-10(13)15-8/h1-3,5,7H,4,12H2,(H2,13,15)(H,16,17). The van der Waals surface area contributed by atoms with Crippen LogP contribution < -0.4 is 11.5 Å². The summed E-state index contributed by atoms with van der Waals surface area (Å²) in [5.74, 6) is -0.582. The molecular weight excluding hydrogens is 220 g/mol. The van der Waals surface area contributed by atoms with Gasteiger partial charge >= 0.3 is 5.97 Å². The molecule has 0 amide bonds. The molecule has 88 valence electrons. The highest BCUT2D eigenvalue weighted by Crippen LogP contribution is 2.19. The molecule has 0 spiro atoms. The molecule has 0 aliphatic carbocycles. The zero-order chi connectivity index (χ0) is 12.4. The first-order valence-electron chi connectivity index (χ1n) is 5.06. The van der Waals surface area contributed by atoms with Crippen LogP contribution in [0.25, 0.3) is 11.0 Å². The second-order valence-electron chi connectivity index (χ2n) is 3.75. The molecule has 6 nitrogen and oxygen atoms in total. The average Bonchev–Trinajstić information content (AvgIpc) is 2.27. The third-order valence-corrected chi connectivity index (χ3v) is 2.41. The van der Waals surface area contributed by atoms with E-state index in [4.69, 9.17) is 16.6 Å². The van der Waals surface area contributed by atoms with Gasteiger partial charge in [-0.25, -0.2) is 4.98 Å². The Morgan fingerprint density at radius 2 is 2.18 bits per heavy atom. The lowest BCUT2D eigenvalue weighted by molar-refractivity contribution is -0.137. The lowest BCUT2D eigenvalue weighted by Crippen LogP contribution is -2.14. The summed E-state index contributed by atoms with van der Waals surface area (Å²) >= 11 is 0. The maximum atomic E-state index is 10.6. The van der Waals surface area contributed by atoms with Gasteiger partial charge < -0.3 is 16.6 Å². The number of fused-ring (bicyclic) bond motifs is 1. The van der Waals surface area contributed by atoms with E-state index in [0.29, 0.717) is 16.9 Å². The van der Waals surface area contributed by atoms with E-state index in [2.05, 4.69) is 9.97 Å². The van der Waals surface area contributed by atoms with Crippen molar-refractivity contribution < 1.29 is 9.90 Å². The van der Waals surface area contributed by atoms with Crippen LogP contribution in [0, 0.1) is 0 Å². The maximum Gasteiger partial charge on any atom is 0.305 e. The summed E-state index contributed by atoms with van der Waals surface area (Å²) in [5.41, 5.74) is 13.3. The molecule has 1 aromatic carbocycles. The van der Waals surface area contributed by atoms with Gasteiger partial charge in [-0.2, -0.15) is 0 Å². The zero-order valence-electron chi connectivity index (χ0n) is 9.00. The highest BCUT2D eigenvalue weighted by Gasteiger charge is 2.11. The van der Waals surface area contributed by atoms with Gasteiger partial charge in [0.05, 0.1) is 23.7 Å². The van der Waals surface area contributed by atoms with Crippen LogP contribution in [-0.4, -0.2) is 21.0 Å².